The summed E-state index contributed by atoms with van der Waals surface area (Å²) in [5.74, 6) is 1.07. The number of hydrogen-bond donors (Lipinski definition) is 3. The number of hydrogen-bond acceptors (Lipinski definition) is 6. The Morgan fingerprint density at radius 1 is 1.31 bits per heavy atom. The van der Waals surface area contributed by atoms with E-state index < -0.39 is 16.5 Å². The van der Waals surface area contributed by atoms with Crippen LogP contribution in [0, 0.1) is 5.92 Å². The van der Waals surface area contributed by atoms with Crippen LogP contribution >= 0.6 is 0 Å². The van der Waals surface area contributed by atoms with E-state index in [-0.39, 0.29) is 16.9 Å². The van der Waals surface area contributed by atoms with Gasteiger partial charge in [-0.25, -0.2) is 0 Å². The Hall–Kier alpha value is -1.94. The second-order valence-corrected chi connectivity index (χ2v) is 8.12. The third kappa shape index (κ3) is 2.38. The molecule has 2 aliphatic carbocycles. The Bertz CT molecular complexity index is 917. The molecule has 4 aliphatic rings. The van der Waals surface area contributed by atoms with Crippen LogP contribution < -0.4 is 4.74 Å². The lowest BCUT2D eigenvalue weighted by Gasteiger charge is -2.55. The second-order valence-electron chi connectivity index (χ2n) is 7.22. The van der Waals surface area contributed by atoms with Crippen molar-refractivity contribution in [2.24, 2.45) is 5.92 Å². The maximum Gasteiger partial charge on any atom is 0.394 e. The fourth-order valence-corrected chi connectivity index (χ4v) is 5.08. The van der Waals surface area contributed by atoms with Gasteiger partial charge in [0.15, 0.2) is 23.4 Å². The molecule has 2 aliphatic heterocycles. The number of phenols is 1. The quantitative estimate of drug-likeness (QED) is 0.563. The lowest BCUT2D eigenvalue weighted by atomic mass is 9.53. The van der Waals surface area contributed by atoms with Crippen molar-refractivity contribution in [1.82, 2.24) is 4.90 Å². The van der Waals surface area contributed by atoms with Gasteiger partial charge in [0.05, 0.1) is 5.41 Å². The van der Waals surface area contributed by atoms with E-state index in [1.807, 2.05) is 6.07 Å². The van der Waals surface area contributed by atoms with Gasteiger partial charge in [0.1, 0.15) is 0 Å². The smallest absolute Gasteiger partial charge is 0.394 e. The molecule has 1 aromatic carbocycles. The van der Waals surface area contributed by atoms with E-state index in [0.29, 0.717) is 17.7 Å². The maximum absolute atomic E-state index is 12.4. The van der Waals surface area contributed by atoms with Gasteiger partial charge in [-0.15, -0.1) is 0 Å². The van der Waals surface area contributed by atoms with E-state index in [9.17, 15) is 9.90 Å². The molecule has 5 rings (SSSR count). The number of carbonyl (C=O) groups excluding carboxylic acids is 1. The number of likely N-dealkylation sites (tertiary alicyclic amines) is 1. The third-order valence-electron chi connectivity index (χ3n) is 6.00. The van der Waals surface area contributed by atoms with Gasteiger partial charge < -0.3 is 14.7 Å². The van der Waals surface area contributed by atoms with Gasteiger partial charge in [0.25, 0.3) is 0 Å². The normalized spacial score (nSPS) is 33.8. The number of nitrogens with zero attached hydrogens (tertiary/aromatic N) is 1. The fourth-order valence-electron chi connectivity index (χ4n) is 5.08. The predicted molar refractivity (Wildman–Crippen MR) is 90.8 cm³/mol. The van der Waals surface area contributed by atoms with Crippen LogP contribution in [0.15, 0.2) is 24.3 Å². The molecule has 8 nitrogen and oxygen atoms in total. The molecule has 0 saturated carbocycles. The number of benzene rings is 1. The summed E-state index contributed by atoms with van der Waals surface area (Å²) in [6.07, 6.45) is 5.19. The molecule has 2 bridgehead atoms. The summed E-state index contributed by atoms with van der Waals surface area (Å²) >= 11 is 0. The zero-order valence-corrected chi connectivity index (χ0v) is 14.8. The molecule has 0 amide bonds. The molecule has 1 saturated heterocycles. The van der Waals surface area contributed by atoms with Crippen molar-refractivity contribution in [2.45, 2.75) is 30.4 Å². The highest BCUT2D eigenvalue weighted by atomic mass is 32.3. The summed E-state index contributed by atoms with van der Waals surface area (Å²) in [5, 5.41) is 10.2. The molecule has 1 aromatic rings. The molecular formula is C17H19NO7S. The van der Waals surface area contributed by atoms with Crippen molar-refractivity contribution in [3.05, 3.63) is 35.4 Å². The topological polar surface area (TPSA) is 124 Å². The summed E-state index contributed by atoms with van der Waals surface area (Å²) < 4.78 is 37.6. The molecule has 26 heavy (non-hydrogen) atoms. The van der Waals surface area contributed by atoms with Crippen LogP contribution in [0.1, 0.15) is 17.5 Å². The van der Waals surface area contributed by atoms with Crippen LogP contribution in [0.25, 0.3) is 0 Å². The van der Waals surface area contributed by atoms with E-state index in [2.05, 4.69) is 18.0 Å². The number of ketones is 1. The second kappa shape index (κ2) is 5.53. The maximum atomic E-state index is 12.4. The Balaban J connectivity index is 0.000000301. The van der Waals surface area contributed by atoms with E-state index >= 15 is 0 Å². The van der Waals surface area contributed by atoms with E-state index in [1.165, 1.54) is 5.56 Å². The monoisotopic (exact) mass is 381 g/mol. The fraction of sp³-hybridized carbons (Fsp3) is 0.471. The first-order chi connectivity index (χ1) is 12.1. The first-order valence-corrected chi connectivity index (χ1v) is 9.67. The first-order valence-electron chi connectivity index (χ1n) is 8.27. The van der Waals surface area contributed by atoms with Crippen molar-refractivity contribution >= 4 is 16.2 Å². The highest BCUT2D eigenvalue weighted by Crippen LogP contribution is 2.61. The number of rotatable bonds is 0. The number of carbonyl (C=O) groups is 1. The SMILES string of the molecule is CN1CC[C@]23c4c5ccc(O)c4O[C@H]2C(=O)C=C[C@H]3[C@H]1C5.O=S(=O)(O)O. The highest BCUT2D eigenvalue weighted by molar-refractivity contribution is 7.79. The average Bonchev–Trinajstić information content (AvgIpc) is 2.89. The van der Waals surface area contributed by atoms with Gasteiger partial charge in [-0.1, -0.05) is 12.1 Å². The Morgan fingerprint density at radius 3 is 2.69 bits per heavy atom. The van der Waals surface area contributed by atoms with Crippen LogP contribution in [0.2, 0.25) is 0 Å². The Morgan fingerprint density at radius 2 is 2.00 bits per heavy atom. The lowest BCUT2D eigenvalue weighted by molar-refractivity contribution is -0.127. The third-order valence-corrected chi connectivity index (χ3v) is 6.00. The Kier molecular flexibility index (Phi) is 3.71. The van der Waals surface area contributed by atoms with Gasteiger partial charge in [0, 0.05) is 17.5 Å². The number of phenolic OH excluding ortho intramolecular Hbond substituents is 1. The Labute approximate surface area is 150 Å². The molecule has 140 valence electrons. The van der Waals surface area contributed by atoms with Crippen LogP contribution in [-0.2, 0) is 27.0 Å². The van der Waals surface area contributed by atoms with E-state index in [1.54, 1.807) is 12.1 Å². The van der Waals surface area contributed by atoms with Crippen LogP contribution in [0.3, 0.4) is 0 Å². The molecule has 1 fully saturated rings. The van der Waals surface area contributed by atoms with Crippen LogP contribution in [0.4, 0.5) is 0 Å². The number of aromatic hydroxyl groups is 1. The van der Waals surface area contributed by atoms with Gasteiger partial charge in [-0.3, -0.25) is 13.9 Å². The molecule has 3 N–H and O–H groups in total. The minimum absolute atomic E-state index is 0.0398. The number of likely N-dealkylation sites (N-methyl/N-ethyl adjacent to an activating group) is 1. The summed E-state index contributed by atoms with van der Waals surface area (Å²) in [6, 6.07) is 4.13. The number of ether oxygens (including phenoxy) is 1. The minimum Gasteiger partial charge on any atom is -0.504 e. The standard InChI is InChI=1S/C17H17NO3.H2O4S/c1-18-7-6-17-10-3-5-13(20)16(17)21-15-12(19)4-2-9(14(15)17)8-11(10)18;1-5(2,3)4/h2-5,10-11,16,19H,6-8H2,1H3;(H2,1,2,3,4)/t10-,11+,16-,17-;/m0./s1. The van der Waals surface area contributed by atoms with Crippen molar-refractivity contribution in [3.8, 4) is 11.5 Å². The zero-order chi connectivity index (χ0) is 18.9. The van der Waals surface area contributed by atoms with Gasteiger partial charge >= 0.3 is 10.4 Å². The largest absolute Gasteiger partial charge is 0.504 e. The van der Waals surface area contributed by atoms with Gasteiger partial charge in [0.2, 0.25) is 0 Å². The van der Waals surface area contributed by atoms with Crippen LogP contribution in [-0.4, -0.2) is 59.1 Å². The predicted octanol–water partition coefficient (Wildman–Crippen LogP) is 0.754. The summed E-state index contributed by atoms with van der Waals surface area (Å²) in [7, 11) is -2.50. The molecule has 1 spiro atoms. The van der Waals surface area contributed by atoms with Gasteiger partial charge in [-0.05, 0) is 44.1 Å². The summed E-state index contributed by atoms with van der Waals surface area (Å²) in [4.78, 5) is 14.8. The number of piperidine rings is 1. The summed E-state index contributed by atoms with van der Waals surface area (Å²) in [6.45, 7) is 0.969. The first kappa shape index (κ1) is 17.5. The van der Waals surface area contributed by atoms with E-state index in [0.717, 1.165) is 24.9 Å². The van der Waals surface area contributed by atoms with Gasteiger partial charge in [-0.2, -0.15) is 8.42 Å². The van der Waals surface area contributed by atoms with Crippen molar-refractivity contribution < 1.29 is 32.2 Å². The molecular weight excluding hydrogens is 362 g/mol. The van der Waals surface area contributed by atoms with Crippen molar-refractivity contribution in [3.63, 3.8) is 0 Å². The highest BCUT2D eigenvalue weighted by Gasteiger charge is 2.64. The molecule has 2 heterocycles. The molecule has 0 aromatic heterocycles. The molecule has 0 radical (unpaired) electrons. The average molecular weight is 381 g/mol. The van der Waals surface area contributed by atoms with Crippen molar-refractivity contribution in [1.29, 1.82) is 0 Å². The van der Waals surface area contributed by atoms with Crippen LogP contribution in [0.5, 0.6) is 11.5 Å². The van der Waals surface area contributed by atoms with Crippen molar-refractivity contribution in [2.75, 3.05) is 13.6 Å². The van der Waals surface area contributed by atoms with E-state index in [4.69, 9.17) is 22.3 Å². The zero-order valence-electron chi connectivity index (χ0n) is 14.0. The summed E-state index contributed by atoms with van der Waals surface area (Å²) in [5.41, 5.74) is 2.09. The molecule has 9 heteroatoms. The molecule has 4 atom stereocenters. The lowest BCUT2D eigenvalue weighted by Crippen LogP contribution is -2.64. The molecule has 0 unspecified atom stereocenters. The minimum atomic E-state index is -4.67.